The molecule has 0 fully saturated rings. The summed E-state index contributed by atoms with van der Waals surface area (Å²) in [5.41, 5.74) is 6.02. The zero-order valence-corrected chi connectivity index (χ0v) is 26.7. The molecule has 1 atom stereocenters. The van der Waals surface area contributed by atoms with Gasteiger partial charge in [0.1, 0.15) is 17.2 Å². The molecule has 13 heteroatoms. The van der Waals surface area contributed by atoms with E-state index in [2.05, 4.69) is 17.0 Å². The lowest BCUT2D eigenvalue weighted by molar-refractivity contribution is -0.113. The van der Waals surface area contributed by atoms with Gasteiger partial charge in [0.25, 0.3) is 5.91 Å². The lowest BCUT2D eigenvalue weighted by Crippen LogP contribution is -2.46. The Kier molecular flexibility index (Phi) is 11.8. The maximum atomic E-state index is 13.5. The van der Waals surface area contributed by atoms with Crippen LogP contribution in [0.15, 0.2) is 34.7 Å². The van der Waals surface area contributed by atoms with Crippen LogP contribution in [0.3, 0.4) is 0 Å². The van der Waals surface area contributed by atoms with E-state index in [9.17, 15) is 23.1 Å². The molecule has 1 aromatic carbocycles. The summed E-state index contributed by atoms with van der Waals surface area (Å²) in [4.78, 5) is 31.2. The zero-order valence-electron chi connectivity index (χ0n) is 25.9. The lowest BCUT2D eigenvalue weighted by Gasteiger charge is -2.33. The number of rotatable bonds is 3. The number of hydrogen-bond donors (Lipinski definition) is 3. The number of nitrogens with one attached hydrogen (secondary N) is 1. The normalized spacial score (nSPS) is 22.4. The van der Waals surface area contributed by atoms with Gasteiger partial charge in [-0.25, -0.2) is 13.2 Å². The Morgan fingerprint density at radius 3 is 2.55 bits per heavy atom. The van der Waals surface area contributed by atoms with Crippen LogP contribution in [0, 0.1) is 0 Å². The minimum absolute atomic E-state index is 0.00694. The van der Waals surface area contributed by atoms with E-state index in [4.69, 9.17) is 15.2 Å². The summed E-state index contributed by atoms with van der Waals surface area (Å²) in [7, 11) is -1.29. The number of nitrogens with zero attached hydrogens (tertiary/aromatic N) is 3. The van der Waals surface area contributed by atoms with Crippen molar-refractivity contribution in [2.45, 2.75) is 96.1 Å². The Bertz CT molecular complexity index is 1270. The van der Waals surface area contributed by atoms with Gasteiger partial charge in [-0.3, -0.25) is 14.1 Å². The molecule has 2 amide bonds. The van der Waals surface area contributed by atoms with Gasteiger partial charge in [-0.2, -0.15) is 0 Å². The van der Waals surface area contributed by atoms with Crippen LogP contribution in [0.2, 0.25) is 0 Å². The number of anilines is 1. The van der Waals surface area contributed by atoms with Crippen LogP contribution in [0.4, 0.5) is 10.5 Å². The molecule has 0 aliphatic carbocycles. The highest BCUT2D eigenvalue weighted by Gasteiger charge is 2.40. The van der Waals surface area contributed by atoms with Crippen LogP contribution in [0.1, 0.15) is 78.7 Å². The number of sulfonamides is 1. The summed E-state index contributed by atoms with van der Waals surface area (Å²) < 4.78 is 38.0. The van der Waals surface area contributed by atoms with Gasteiger partial charge in [-0.15, -0.1) is 0 Å². The monoisotopic (exact) mass is 609 g/mol. The number of carbonyl (C=O) groups is 2. The van der Waals surface area contributed by atoms with Crippen molar-refractivity contribution in [1.82, 2.24) is 9.21 Å². The first-order chi connectivity index (χ1) is 19.4. The van der Waals surface area contributed by atoms with Gasteiger partial charge in [0.15, 0.2) is 5.70 Å². The minimum atomic E-state index is -4.12. The summed E-state index contributed by atoms with van der Waals surface area (Å²) in [6.07, 6.45) is 2.16. The number of ether oxygens (including phenoxy) is 2. The van der Waals surface area contributed by atoms with Gasteiger partial charge in [0.05, 0.1) is 29.7 Å². The third-order valence-electron chi connectivity index (χ3n) is 6.88. The van der Waals surface area contributed by atoms with Crippen LogP contribution in [0.25, 0.3) is 0 Å². The number of aliphatic imine (C=N–C) groups is 1. The quantitative estimate of drug-likeness (QED) is 0.434. The molecule has 0 bridgehead atoms. The number of amides is 2. The first-order valence-electron chi connectivity index (χ1n) is 14.0. The number of nitrogens with two attached hydrogens (primary N) is 1. The molecule has 0 radical (unpaired) electrons. The van der Waals surface area contributed by atoms with Gasteiger partial charge >= 0.3 is 6.09 Å². The molecular formula is C29H47N5O7S. The molecule has 236 valence electrons. The third-order valence-corrected chi connectivity index (χ3v) is 9.36. The van der Waals surface area contributed by atoms with E-state index in [1.807, 2.05) is 0 Å². The lowest BCUT2D eigenvalue weighted by atomic mass is 10.00. The van der Waals surface area contributed by atoms with Gasteiger partial charge in [-0.1, -0.05) is 31.4 Å². The van der Waals surface area contributed by atoms with Gasteiger partial charge < -0.3 is 30.5 Å². The van der Waals surface area contributed by atoms with Crippen LogP contribution in [-0.2, 0) is 26.1 Å². The largest absolute Gasteiger partial charge is 0.491 e. The summed E-state index contributed by atoms with van der Waals surface area (Å²) in [5, 5.41) is 13.3. The number of benzene rings is 1. The average molecular weight is 610 g/mol. The summed E-state index contributed by atoms with van der Waals surface area (Å²) in [5.74, 6) is -0.873. The van der Waals surface area contributed by atoms with Crippen molar-refractivity contribution in [1.29, 1.82) is 0 Å². The molecular weight excluding hydrogens is 562 g/mol. The van der Waals surface area contributed by atoms with E-state index in [0.29, 0.717) is 36.4 Å². The van der Waals surface area contributed by atoms with Gasteiger partial charge in [-0.05, 0) is 66.7 Å². The number of hydrogen-bond acceptors (Lipinski definition) is 9. The molecule has 0 aromatic heterocycles. The molecule has 42 heavy (non-hydrogen) atoms. The van der Waals surface area contributed by atoms with E-state index < -0.39 is 50.0 Å². The maximum absolute atomic E-state index is 13.5. The highest BCUT2D eigenvalue weighted by molar-refractivity contribution is 7.90. The van der Waals surface area contributed by atoms with Crippen LogP contribution in [0.5, 0.6) is 5.75 Å². The first kappa shape index (κ1) is 34.9. The van der Waals surface area contributed by atoms with Gasteiger partial charge in [0.2, 0.25) is 10.0 Å². The van der Waals surface area contributed by atoms with Crippen molar-refractivity contribution < 1.29 is 32.6 Å². The van der Waals surface area contributed by atoms with E-state index in [1.54, 1.807) is 46.0 Å². The van der Waals surface area contributed by atoms with Crippen molar-refractivity contribution in [3.8, 4) is 5.75 Å². The standard InChI is InChI=1S/C29H47N5O7S/c1-28(2,3)41-27(37)33(7)19-20-14-13-16-22-24(20)40-17-12-10-9-11-15-21(35)18-29(4,5)42(38,39)34(8)25(30)23(31-6)26(36)32-22/h13-14,16,21,35H,6,9-12,15,17-19,30H2,1-5,7-8H3,(H,32,36)/b25-23+/t21-/m1/s1. The Hall–Kier alpha value is -3.32. The van der Waals surface area contributed by atoms with E-state index in [1.165, 1.54) is 25.8 Å². The van der Waals surface area contributed by atoms with Crippen molar-refractivity contribution in [2.24, 2.45) is 10.7 Å². The highest BCUT2D eigenvalue weighted by Crippen LogP contribution is 2.33. The molecule has 1 heterocycles. The van der Waals surface area contributed by atoms with E-state index in [-0.39, 0.29) is 13.0 Å². The second kappa shape index (κ2) is 14.2. The predicted molar refractivity (Wildman–Crippen MR) is 164 cm³/mol. The van der Waals surface area contributed by atoms with Crippen LogP contribution in [-0.4, -0.2) is 78.6 Å². The number of aliphatic hydroxyl groups is 1. The summed E-state index contributed by atoms with van der Waals surface area (Å²) in [6, 6.07) is 5.11. The highest BCUT2D eigenvalue weighted by atomic mass is 32.2. The fraction of sp³-hybridized carbons (Fsp3) is 0.621. The third kappa shape index (κ3) is 9.09. The van der Waals surface area contributed by atoms with Crippen molar-refractivity contribution in [3.05, 3.63) is 35.3 Å². The Morgan fingerprint density at radius 1 is 1.29 bits per heavy atom. The van der Waals surface area contributed by atoms with Gasteiger partial charge in [0, 0.05) is 19.7 Å². The minimum Gasteiger partial charge on any atom is -0.491 e. The molecule has 2 rings (SSSR count). The number of para-hydroxylation sites is 1. The number of fused-ring (bicyclic) bond motifs is 1. The topological polar surface area (TPSA) is 164 Å². The Balaban J connectivity index is 2.53. The van der Waals surface area contributed by atoms with Crippen molar-refractivity contribution in [3.63, 3.8) is 0 Å². The molecule has 4 N–H and O–H groups in total. The summed E-state index contributed by atoms with van der Waals surface area (Å²) in [6.45, 7) is 12.3. The Labute approximate surface area is 250 Å². The number of carbonyl (C=O) groups excluding carboxylic acids is 2. The molecule has 0 saturated heterocycles. The van der Waals surface area contributed by atoms with Crippen molar-refractivity contribution >= 4 is 34.4 Å². The molecule has 0 unspecified atom stereocenters. The van der Waals surface area contributed by atoms with Crippen LogP contribution < -0.4 is 15.8 Å². The van der Waals surface area contributed by atoms with E-state index >= 15 is 0 Å². The molecule has 0 saturated carbocycles. The number of aliphatic hydroxyl groups excluding tert-OH is 1. The molecule has 12 nitrogen and oxygen atoms in total. The van der Waals surface area contributed by atoms with E-state index in [0.717, 1.165) is 23.6 Å². The fourth-order valence-electron chi connectivity index (χ4n) is 4.52. The van der Waals surface area contributed by atoms with Crippen molar-refractivity contribution in [2.75, 3.05) is 26.0 Å². The smallest absolute Gasteiger partial charge is 0.410 e. The second-order valence-corrected chi connectivity index (χ2v) is 14.7. The zero-order chi connectivity index (χ0) is 31.9. The molecule has 1 aliphatic rings. The van der Waals surface area contributed by atoms with Crippen LogP contribution >= 0.6 is 0 Å². The average Bonchev–Trinajstić information content (AvgIpc) is 2.87. The maximum Gasteiger partial charge on any atom is 0.410 e. The predicted octanol–water partition coefficient (Wildman–Crippen LogP) is 3.95. The Morgan fingerprint density at radius 2 is 1.93 bits per heavy atom. The molecule has 0 spiro atoms. The SMILES string of the molecule is C=N/C1=C(\N)N(C)S(=O)(=O)C(C)(C)C[C@H](O)CCCCCCOc2c(CN(C)C(=O)OC(C)(C)C)cccc2NC1=O. The molecule has 1 aliphatic heterocycles. The molecule has 1 aromatic rings. The summed E-state index contributed by atoms with van der Waals surface area (Å²) >= 11 is 0. The second-order valence-electron chi connectivity index (χ2n) is 12.1. The fourth-order valence-corrected chi connectivity index (χ4v) is 6.01. The first-order valence-corrected chi connectivity index (χ1v) is 15.5.